The molecule has 1 fully saturated rings. The summed E-state index contributed by atoms with van der Waals surface area (Å²) < 4.78 is 0. The normalized spacial score (nSPS) is 16.9. The highest BCUT2D eigenvalue weighted by molar-refractivity contribution is 5.97. The Labute approximate surface area is 272 Å². The molecule has 8 N–H and O–H groups in total. The first-order valence-electron chi connectivity index (χ1n) is 15.4. The maximum atomic E-state index is 13.6. The summed E-state index contributed by atoms with van der Waals surface area (Å²) in [5, 5.41) is 36.3. The summed E-state index contributed by atoms with van der Waals surface area (Å²) in [6, 6.07) is 6.42. The second-order valence-corrected chi connectivity index (χ2v) is 12.1. The number of nitrogens with zero attached hydrogens (tertiary/aromatic N) is 1. The second-order valence-electron chi connectivity index (χ2n) is 12.1. The number of hydrogen-bond acceptors (Lipinski definition) is 9. The second kappa shape index (κ2) is 16.5. The number of carbonyl (C=O) groups is 6. The van der Waals surface area contributed by atoms with E-state index in [0.717, 1.165) is 5.56 Å². The predicted molar refractivity (Wildman–Crippen MR) is 170 cm³/mol. The summed E-state index contributed by atoms with van der Waals surface area (Å²) >= 11 is 0. The van der Waals surface area contributed by atoms with Crippen LogP contribution in [0.1, 0.15) is 51.2 Å². The highest BCUT2D eigenvalue weighted by Crippen LogP contribution is 2.21. The van der Waals surface area contributed by atoms with Crippen molar-refractivity contribution in [2.24, 2.45) is 11.7 Å². The molecule has 0 radical (unpaired) electrons. The maximum Gasteiger partial charge on any atom is 0.305 e. The Kier molecular flexibility index (Phi) is 12.8. The SMILES string of the molecule is CC(=O)C(NC(=O)C(CC(=O)O)NC(=O)C(Cc1ccc(O)cc1)NC(=O)C1CCCN1C(=O)C(N)Cc1ccc(O)cc1)C(C)C. The minimum absolute atomic E-state index is 0.0223. The van der Waals surface area contributed by atoms with E-state index in [1.165, 1.54) is 48.2 Å². The van der Waals surface area contributed by atoms with Gasteiger partial charge in [-0.3, -0.25) is 28.8 Å². The lowest BCUT2D eigenvalue weighted by atomic mass is 9.99. The van der Waals surface area contributed by atoms with Gasteiger partial charge in [0.15, 0.2) is 5.78 Å². The number of aliphatic carboxylic acids is 1. The summed E-state index contributed by atoms with van der Waals surface area (Å²) in [6.07, 6.45) is 0.109. The van der Waals surface area contributed by atoms with Crippen molar-refractivity contribution < 1.29 is 44.1 Å². The van der Waals surface area contributed by atoms with Crippen LogP contribution >= 0.6 is 0 Å². The zero-order valence-corrected chi connectivity index (χ0v) is 26.6. The Morgan fingerprint density at radius 2 is 1.36 bits per heavy atom. The first-order valence-corrected chi connectivity index (χ1v) is 15.4. The smallest absolute Gasteiger partial charge is 0.305 e. The maximum absolute atomic E-state index is 13.6. The molecule has 5 atom stereocenters. The average molecular weight is 654 g/mol. The van der Waals surface area contributed by atoms with Crippen LogP contribution in [0.5, 0.6) is 11.5 Å². The molecule has 5 unspecified atom stereocenters. The highest BCUT2D eigenvalue weighted by atomic mass is 16.4. The van der Waals surface area contributed by atoms with Crippen molar-refractivity contribution in [2.45, 2.75) is 83.1 Å². The Hall–Kier alpha value is -4.98. The zero-order valence-electron chi connectivity index (χ0n) is 26.6. The fraction of sp³-hybridized carbons (Fsp3) is 0.455. The molecule has 4 amide bonds. The third-order valence-electron chi connectivity index (χ3n) is 7.97. The molecule has 0 saturated carbocycles. The monoisotopic (exact) mass is 653 g/mol. The number of phenols is 2. The quantitative estimate of drug-likeness (QED) is 0.140. The van der Waals surface area contributed by atoms with Gasteiger partial charge in [-0.2, -0.15) is 0 Å². The van der Waals surface area contributed by atoms with Gasteiger partial charge in [-0.1, -0.05) is 38.1 Å². The standard InChI is InChI=1S/C33H43N5O9/c1-18(2)29(19(3)39)37-31(45)26(17-28(42)43)35-30(44)25(16-21-8-12-23(41)13-9-21)36-32(46)27-5-4-14-38(27)33(47)24(34)15-20-6-10-22(40)11-7-20/h6-13,18,24-27,29,40-41H,4-5,14-17,34H2,1-3H3,(H,35,44)(H,36,46)(H,37,45)(H,42,43). The van der Waals surface area contributed by atoms with E-state index < -0.39 is 66.2 Å². The van der Waals surface area contributed by atoms with Crippen molar-refractivity contribution in [3.63, 3.8) is 0 Å². The van der Waals surface area contributed by atoms with Gasteiger partial charge in [0, 0.05) is 13.0 Å². The van der Waals surface area contributed by atoms with Gasteiger partial charge in [0.1, 0.15) is 29.6 Å². The number of phenolic OH excluding ortho intramolecular Hbond substituents is 2. The van der Waals surface area contributed by atoms with Crippen LogP contribution in [0.15, 0.2) is 48.5 Å². The number of benzene rings is 2. The van der Waals surface area contributed by atoms with E-state index in [0.29, 0.717) is 18.4 Å². The Morgan fingerprint density at radius 1 is 0.830 bits per heavy atom. The number of carboxylic acids is 1. The number of hydrogen-bond donors (Lipinski definition) is 7. The van der Waals surface area contributed by atoms with Crippen molar-refractivity contribution >= 4 is 35.4 Å². The molecular weight excluding hydrogens is 610 g/mol. The molecule has 0 aromatic heterocycles. The lowest BCUT2D eigenvalue weighted by molar-refractivity contribution is -0.142. The molecule has 0 spiro atoms. The van der Waals surface area contributed by atoms with E-state index in [-0.39, 0.29) is 42.6 Å². The molecule has 0 aliphatic carbocycles. The molecule has 254 valence electrons. The van der Waals surface area contributed by atoms with E-state index >= 15 is 0 Å². The largest absolute Gasteiger partial charge is 0.508 e. The van der Waals surface area contributed by atoms with E-state index in [4.69, 9.17) is 5.73 Å². The van der Waals surface area contributed by atoms with Crippen molar-refractivity contribution in [3.8, 4) is 11.5 Å². The molecular formula is C33H43N5O9. The third-order valence-corrected chi connectivity index (χ3v) is 7.97. The van der Waals surface area contributed by atoms with E-state index in [1.54, 1.807) is 26.0 Å². The van der Waals surface area contributed by atoms with E-state index in [9.17, 15) is 44.1 Å². The summed E-state index contributed by atoms with van der Waals surface area (Å²) in [5.74, 6) is -4.81. The first kappa shape index (κ1) is 36.5. The molecule has 1 aliphatic rings. The lowest BCUT2D eigenvalue weighted by Crippen LogP contribution is -2.59. The Bertz CT molecular complexity index is 1450. The van der Waals surface area contributed by atoms with Crippen molar-refractivity contribution in [2.75, 3.05) is 6.54 Å². The summed E-state index contributed by atoms with van der Waals surface area (Å²) in [6.45, 7) is 4.97. The molecule has 1 aliphatic heterocycles. The number of carbonyl (C=O) groups excluding carboxylic acids is 5. The number of Topliss-reactive ketones (excluding diaryl/α,β-unsaturated/α-hetero) is 1. The van der Waals surface area contributed by atoms with Gasteiger partial charge >= 0.3 is 5.97 Å². The van der Waals surface area contributed by atoms with Gasteiger partial charge in [0.05, 0.1) is 18.5 Å². The van der Waals surface area contributed by atoms with Crippen LogP contribution < -0.4 is 21.7 Å². The number of aromatic hydroxyl groups is 2. The predicted octanol–water partition coefficient (Wildman–Crippen LogP) is 0.375. The number of nitrogens with two attached hydrogens (primary N) is 1. The van der Waals surface area contributed by atoms with Crippen LogP contribution in [-0.2, 0) is 41.6 Å². The fourth-order valence-corrected chi connectivity index (χ4v) is 5.48. The van der Waals surface area contributed by atoms with Crippen LogP contribution in [0.3, 0.4) is 0 Å². The topological polar surface area (TPSA) is 228 Å². The van der Waals surface area contributed by atoms with Crippen LogP contribution in [0.4, 0.5) is 0 Å². The van der Waals surface area contributed by atoms with Gasteiger partial charge in [-0.25, -0.2) is 0 Å². The van der Waals surface area contributed by atoms with Crippen molar-refractivity contribution in [3.05, 3.63) is 59.7 Å². The minimum Gasteiger partial charge on any atom is -0.508 e. The zero-order chi connectivity index (χ0) is 34.8. The molecule has 14 nitrogen and oxygen atoms in total. The van der Waals surface area contributed by atoms with Gasteiger partial charge in [0.2, 0.25) is 23.6 Å². The lowest BCUT2D eigenvalue weighted by Gasteiger charge is -2.29. The third kappa shape index (κ3) is 10.5. The molecule has 1 saturated heterocycles. The molecule has 0 bridgehead atoms. The van der Waals surface area contributed by atoms with Gasteiger partial charge in [0.25, 0.3) is 0 Å². The van der Waals surface area contributed by atoms with Crippen LogP contribution in [0, 0.1) is 5.92 Å². The summed E-state index contributed by atoms with van der Waals surface area (Å²) in [7, 11) is 0. The van der Waals surface area contributed by atoms with E-state index in [1.807, 2.05) is 0 Å². The molecule has 2 aromatic carbocycles. The average Bonchev–Trinajstić information content (AvgIpc) is 3.50. The van der Waals surface area contributed by atoms with Crippen LogP contribution in [0.2, 0.25) is 0 Å². The fourth-order valence-electron chi connectivity index (χ4n) is 5.48. The molecule has 3 rings (SSSR count). The molecule has 1 heterocycles. The molecule has 47 heavy (non-hydrogen) atoms. The first-order chi connectivity index (χ1) is 22.2. The van der Waals surface area contributed by atoms with Crippen molar-refractivity contribution in [1.82, 2.24) is 20.9 Å². The number of ketones is 1. The number of likely N-dealkylation sites (tertiary alicyclic amines) is 1. The summed E-state index contributed by atoms with van der Waals surface area (Å²) in [4.78, 5) is 78.7. The number of carboxylic acid groups (broad SMARTS) is 1. The van der Waals surface area contributed by atoms with E-state index in [2.05, 4.69) is 16.0 Å². The highest BCUT2D eigenvalue weighted by Gasteiger charge is 2.38. The van der Waals surface area contributed by atoms with Crippen molar-refractivity contribution in [1.29, 1.82) is 0 Å². The van der Waals surface area contributed by atoms with Gasteiger partial charge in [-0.05, 0) is 67.5 Å². The summed E-state index contributed by atoms with van der Waals surface area (Å²) in [5.41, 5.74) is 7.47. The Balaban J connectivity index is 1.80. The van der Waals surface area contributed by atoms with Gasteiger partial charge < -0.3 is 41.9 Å². The molecule has 14 heteroatoms. The van der Waals surface area contributed by atoms with Crippen LogP contribution in [0.25, 0.3) is 0 Å². The van der Waals surface area contributed by atoms with Gasteiger partial charge in [-0.15, -0.1) is 0 Å². The number of amides is 4. The van der Waals surface area contributed by atoms with Crippen LogP contribution in [-0.4, -0.2) is 92.4 Å². The minimum atomic E-state index is -1.57. The molecule has 2 aromatic rings. The number of nitrogens with one attached hydrogen (secondary N) is 3. The number of rotatable bonds is 15. The Morgan fingerprint density at radius 3 is 1.87 bits per heavy atom.